The molecule has 1 aromatic rings. The molecule has 1 aliphatic rings. The van der Waals surface area contributed by atoms with Crippen molar-refractivity contribution in [1.82, 2.24) is 15.5 Å². The molecule has 0 spiro atoms. The van der Waals surface area contributed by atoms with Gasteiger partial charge in [-0.3, -0.25) is 9.89 Å². The van der Waals surface area contributed by atoms with Gasteiger partial charge in [-0.25, -0.2) is 0 Å². The maximum absolute atomic E-state index is 5.40. The van der Waals surface area contributed by atoms with Gasteiger partial charge in [-0.1, -0.05) is 44.2 Å². The van der Waals surface area contributed by atoms with Crippen molar-refractivity contribution < 1.29 is 4.74 Å². The van der Waals surface area contributed by atoms with Gasteiger partial charge in [0.05, 0.1) is 13.2 Å². The maximum atomic E-state index is 5.40. The van der Waals surface area contributed by atoms with Gasteiger partial charge in [0.2, 0.25) is 0 Å². The number of nitrogens with zero attached hydrogens (tertiary/aromatic N) is 2. The van der Waals surface area contributed by atoms with Crippen LogP contribution in [0.1, 0.15) is 38.7 Å². The average molecular weight is 361 g/mol. The third-order valence-electron chi connectivity index (χ3n) is 4.87. The smallest absolute Gasteiger partial charge is 0.191 e. The lowest BCUT2D eigenvalue weighted by Crippen LogP contribution is -2.41. The van der Waals surface area contributed by atoms with E-state index in [1.807, 2.05) is 0 Å². The third kappa shape index (κ3) is 7.34. The van der Waals surface area contributed by atoms with Crippen molar-refractivity contribution in [3.63, 3.8) is 0 Å². The van der Waals surface area contributed by atoms with E-state index in [2.05, 4.69) is 66.6 Å². The number of ether oxygens (including phenoxy) is 1. The number of nitrogens with one attached hydrogen (secondary N) is 2. The van der Waals surface area contributed by atoms with Crippen molar-refractivity contribution in [2.24, 2.45) is 10.9 Å². The lowest BCUT2D eigenvalue weighted by molar-refractivity contribution is 0.0376. The molecule has 0 radical (unpaired) electrons. The van der Waals surface area contributed by atoms with E-state index in [0.29, 0.717) is 11.8 Å². The Kier molecular flexibility index (Phi) is 9.50. The SMILES string of the molecule is CCNC(=NCC(c1ccccc1)C(C)C)NCCCN1CCOCC1. The lowest BCUT2D eigenvalue weighted by atomic mass is 9.88. The number of rotatable bonds is 9. The van der Waals surface area contributed by atoms with Crippen molar-refractivity contribution in [3.05, 3.63) is 35.9 Å². The zero-order chi connectivity index (χ0) is 18.6. The fourth-order valence-electron chi connectivity index (χ4n) is 3.27. The first-order valence-corrected chi connectivity index (χ1v) is 10.1. The monoisotopic (exact) mass is 360 g/mol. The highest BCUT2D eigenvalue weighted by Gasteiger charge is 2.15. The molecule has 5 heteroatoms. The summed E-state index contributed by atoms with van der Waals surface area (Å²) in [7, 11) is 0. The van der Waals surface area contributed by atoms with E-state index in [4.69, 9.17) is 9.73 Å². The Morgan fingerprint density at radius 1 is 1.15 bits per heavy atom. The van der Waals surface area contributed by atoms with Crippen LogP contribution >= 0.6 is 0 Å². The number of hydrogen-bond donors (Lipinski definition) is 2. The summed E-state index contributed by atoms with van der Waals surface area (Å²) in [6.07, 6.45) is 1.12. The first kappa shape index (κ1) is 20.7. The fourth-order valence-corrected chi connectivity index (χ4v) is 3.27. The van der Waals surface area contributed by atoms with E-state index in [1.165, 1.54) is 5.56 Å². The van der Waals surface area contributed by atoms with E-state index in [0.717, 1.165) is 64.9 Å². The number of guanidine groups is 1. The quantitative estimate of drug-likeness (QED) is 0.404. The summed E-state index contributed by atoms with van der Waals surface area (Å²) < 4.78 is 5.40. The van der Waals surface area contributed by atoms with Crippen LogP contribution in [0.5, 0.6) is 0 Å². The van der Waals surface area contributed by atoms with Crippen molar-refractivity contribution in [2.75, 3.05) is 52.5 Å². The Balaban J connectivity index is 1.82. The van der Waals surface area contributed by atoms with Crippen molar-refractivity contribution in [1.29, 1.82) is 0 Å². The molecule has 1 unspecified atom stereocenters. The van der Waals surface area contributed by atoms with E-state index in [1.54, 1.807) is 0 Å². The highest BCUT2D eigenvalue weighted by Crippen LogP contribution is 2.24. The molecule has 5 nitrogen and oxygen atoms in total. The molecule has 0 aromatic heterocycles. The zero-order valence-corrected chi connectivity index (χ0v) is 16.7. The second-order valence-corrected chi connectivity index (χ2v) is 7.22. The minimum atomic E-state index is 0.444. The van der Waals surface area contributed by atoms with Crippen molar-refractivity contribution in [3.8, 4) is 0 Å². The Hall–Kier alpha value is -1.59. The van der Waals surface area contributed by atoms with Gasteiger partial charge in [0.15, 0.2) is 5.96 Å². The summed E-state index contributed by atoms with van der Waals surface area (Å²) in [5.41, 5.74) is 1.37. The molecule has 1 aliphatic heterocycles. The highest BCUT2D eigenvalue weighted by molar-refractivity contribution is 5.79. The molecule has 0 aliphatic carbocycles. The van der Waals surface area contributed by atoms with Gasteiger partial charge in [0, 0.05) is 38.6 Å². The van der Waals surface area contributed by atoms with Gasteiger partial charge in [-0.2, -0.15) is 0 Å². The van der Waals surface area contributed by atoms with Crippen LogP contribution in [0.3, 0.4) is 0 Å². The topological polar surface area (TPSA) is 48.9 Å². The summed E-state index contributed by atoms with van der Waals surface area (Å²) in [5.74, 6) is 1.93. The minimum absolute atomic E-state index is 0.444. The Morgan fingerprint density at radius 2 is 1.88 bits per heavy atom. The first-order chi connectivity index (χ1) is 12.7. The van der Waals surface area contributed by atoms with Gasteiger partial charge in [-0.05, 0) is 31.4 Å². The predicted octanol–water partition coefficient (Wildman–Crippen LogP) is 2.70. The molecule has 1 aromatic carbocycles. The molecule has 1 atom stereocenters. The highest BCUT2D eigenvalue weighted by atomic mass is 16.5. The van der Waals surface area contributed by atoms with Gasteiger partial charge >= 0.3 is 0 Å². The summed E-state index contributed by atoms with van der Waals surface area (Å²) in [4.78, 5) is 7.33. The number of hydrogen-bond acceptors (Lipinski definition) is 3. The Labute approximate surface area is 159 Å². The molecule has 1 fully saturated rings. The zero-order valence-electron chi connectivity index (χ0n) is 16.7. The van der Waals surface area contributed by atoms with Crippen molar-refractivity contribution in [2.45, 2.75) is 33.1 Å². The molecule has 0 bridgehead atoms. The normalized spacial score (nSPS) is 17.3. The minimum Gasteiger partial charge on any atom is -0.379 e. The standard InChI is InChI=1S/C21H36N4O/c1-4-22-21(23-11-8-12-25-13-15-26-16-14-25)24-17-20(18(2)3)19-9-6-5-7-10-19/h5-7,9-10,18,20H,4,8,11-17H2,1-3H3,(H2,22,23,24). The molecular formula is C21H36N4O. The molecule has 146 valence electrons. The van der Waals surface area contributed by atoms with Crippen LogP contribution in [0.2, 0.25) is 0 Å². The van der Waals surface area contributed by atoms with Crippen LogP contribution in [0, 0.1) is 5.92 Å². The lowest BCUT2D eigenvalue weighted by Gasteiger charge is -2.26. The van der Waals surface area contributed by atoms with E-state index < -0.39 is 0 Å². The van der Waals surface area contributed by atoms with Crippen LogP contribution in [-0.2, 0) is 4.74 Å². The molecule has 1 heterocycles. The Morgan fingerprint density at radius 3 is 2.54 bits per heavy atom. The molecule has 26 heavy (non-hydrogen) atoms. The van der Waals surface area contributed by atoms with E-state index in [9.17, 15) is 0 Å². The molecular weight excluding hydrogens is 324 g/mol. The fraction of sp³-hybridized carbons (Fsp3) is 0.667. The third-order valence-corrected chi connectivity index (χ3v) is 4.87. The summed E-state index contributed by atoms with van der Waals surface area (Å²) >= 11 is 0. The van der Waals surface area contributed by atoms with Crippen LogP contribution in [0.15, 0.2) is 35.3 Å². The van der Waals surface area contributed by atoms with Crippen molar-refractivity contribution >= 4 is 5.96 Å². The van der Waals surface area contributed by atoms with Crippen LogP contribution in [0.4, 0.5) is 0 Å². The van der Waals surface area contributed by atoms with Gasteiger partial charge in [0.1, 0.15) is 0 Å². The largest absolute Gasteiger partial charge is 0.379 e. The molecule has 2 rings (SSSR count). The van der Waals surface area contributed by atoms with Crippen LogP contribution < -0.4 is 10.6 Å². The number of benzene rings is 1. The van der Waals surface area contributed by atoms with Crippen LogP contribution in [0.25, 0.3) is 0 Å². The maximum Gasteiger partial charge on any atom is 0.191 e. The van der Waals surface area contributed by atoms with E-state index >= 15 is 0 Å². The molecule has 2 N–H and O–H groups in total. The Bertz CT molecular complexity index is 512. The molecule has 1 saturated heterocycles. The summed E-state index contributed by atoms with van der Waals surface area (Å²) in [6.45, 7) is 14.3. The molecule has 0 amide bonds. The predicted molar refractivity (Wildman–Crippen MR) is 110 cm³/mol. The first-order valence-electron chi connectivity index (χ1n) is 10.1. The number of morpholine rings is 1. The van der Waals surface area contributed by atoms with Gasteiger partial charge < -0.3 is 15.4 Å². The second kappa shape index (κ2) is 11.9. The molecule has 0 saturated carbocycles. The summed E-state index contributed by atoms with van der Waals surface area (Å²) in [5, 5.41) is 6.86. The van der Waals surface area contributed by atoms with Crippen LogP contribution in [-0.4, -0.2) is 63.3 Å². The second-order valence-electron chi connectivity index (χ2n) is 7.22. The number of aliphatic imine (C=N–C) groups is 1. The average Bonchev–Trinajstić information content (AvgIpc) is 2.66. The van der Waals surface area contributed by atoms with Gasteiger partial charge in [-0.15, -0.1) is 0 Å². The van der Waals surface area contributed by atoms with E-state index in [-0.39, 0.29) is 0 Å². The summed E-state index contributed by atoms with van der Waals surface area (Å²) in [6, 6.07) is 10.7. The van der Waals surface area contributed by atoms with Gasteiger partial charge in [0.25, 0.3) is 0 Å².